The topological polar surface area (TPSA) is 21.3 Å². The van der Waals surface area contributed by atoms with Crippen LogP contribution in [0.1, 0.15) is 40.0 Å². The summed E-state index contributed by atoms with van der Waals surface area (Å²) < 4.78 is 5.70. The monoisotopic (exact) mass is 199 g/mol. The Balaban J connectivity index is 2.01. The van der Waals surface area contributed by atoms with Crippen LogP contribution >= 0.6 is 0 Å². The van der Waals surface area contributed by atoms with Crippen LogP contribution in [0.15, 0.2) is 0 Å². The lowest BCUT2D eigenvalue weighted by atomic mass is 10.1. The van der Waals surface area contributed by atoms with E-state index < -0.39 is 0 Å². The minimum atomic E-state index is 0.618. The minimum Gasteiger partial charge on any atom is -0.380 e. The summed E-state index contributed by atoms with van der Waals surface area (Å²) in [6.45, 7) is 9.55. The van der Waals surface area contributed by atoms with Crippen molar-refractivity contribution < 1.29 is 4.74 Å². The fourth-order valence-corrected chi connectivity index (χ4v) is 1.65. The molecule has 0 aromatic carbocycles. The maximum atomic E-state index is 5.70. The Hall–Kier alpha value is -0.0800. The van der Waals surface area contributed by atoms with E-state index >= 15 is 0 Å². The molecular weight excluding hydrogens is 174 g/mol. The van der Waals surface area contributed by atoms with Crippen molar-refractivity contribution in [2.45, 2.75) is 46.1 Å². The van der Waals surface area contributed by atoms with Gasteiger partial charge in [-0.3, -0.25) is 0 Å². The average molecular weight is 199 g/mol. The van der Waals surface area contributed by atoms with Crippen molar-refractivity contribution in [2.24, 2.45) is 11.8 Å². The van der Waals surface area contributed by atoms with E-state index in [-0.39, 0.29) is 0 Å². The van der Waals surface area contributed by atoms with Crippen LogP contribution in [-0.4, -0.2) is 25.8 Å². The molecule has 2 nitrogen and oxygen atoms in total. The number of rotatable bonds is 8. The van der Waals surface area contributed by atoms with Crippen molar-refractivity contribution in [2.75, 3.05) is 19.8 Å². The summed E-state index contributed by atoms with van der Waals surface area (Å²) in [6.07, 6.45) is 3.97. The summed E-state index contributed by atoms with van der Waals surface area (Å²) in [6, 6.07) is 0.618. The van der Waals surface area contributed by atoms with Crippen molar-refractivity contribution in [3.05, 3.63) is 0 Å². The normalized spacial score (nSPS) is 18.9. The molecule has 0 spiro atoms. The third-order valence-electron chi connectivity index (χ3n) is 2.79. The molecule has 1 aliphatic carbocycles. The number of nitrogens with one attached hydrogen (secondary N) is 1. The molecule has 0 aromatic heterocycles. The van der Waals surface area contributed by atoms with Crippen LogP contribution in [0.5, 0.6) is 0 Å². The summed E-state index contributed by atoms with van der Waals surface area (Å²) in [7, 11) is 0. The standard InChI is InChI=1S/C12H25NO/c1-4-13-12(11-5-6-11)9-14-8-7-10(2)3/h10-13H,4-9H2,1-3H3. The second-order valence-electron chi connectivity index (χ2n) is 4.76. The fourth-order valence-electron chi connectivity index (χ4n) is 1.65. The van der Waals surface area contributed by atoms with Gasteiger partial charge in [0.2, 0.25) is 0 Å². The van der Waals surface area contributed by atoms with E-state index in [1.54, 1.807) is 0 Å². The Labute approximate surface area is 88.4 Å². The molecule has 0 radical (unpaired) electrons. The summed E-state index contributed by atoms with van der Waals surface area (Å²) in [4.78, 5) is 0. The van der Waals surface area contributed by atoms with Gasteiger partial charge in [-0.1, -0.05) is 20.8 Å². The molecule has 0 bridgehead atoms. The van der Waals surface area contributed by atoms with E-state index in [1.165, 1.54) is 19.3 Å². The predicted molar refractivity (Wildman–Crippen MR) is 60.5 cm³/mol. The van der Waals surface area contributed by atoms with E-state index in [4.69, 9.17) is 4.74 Å². The smallest absolute Gasteiger partial charge is 0.0622 e. The summed E-state index contributed by atoms with van der Waals surface area (Å²) in [5.74, 6) is 1.66. The molecule has 0 aliphatic heterocycles. The number of ether oxygens (including phenoxy) is 1. The van der Waals surface area contributed by atoms with E-state index in [0.29, 0.717) is 6.04 Å². The van der Waals surface area contributed by atoms with Crippen LogP contribution in [0.3, 0.4) is 0 Å². The number of likely N-dealkylation sites (N-methyl/N-ethyl adjacent to an activating group) is 1. The second kappa shape index (κ2) is 6.41. The highest BCUT2D eigenvalue weighted by Crippen LogP contribution is 2.32. The maximum Gasteiger partial charge on any atom is 0.0622 e. The molecule has 1 saturated carbocycles. The molecule has 0 saturated heterocycles. The van der Waals surface area contributed by atoms with Gasteiger partial charge in [0, 0.05) is 12.6 Å². The molecule has 1 rings (SSSR count). The van der Waals surface area contributed by atoms with E-state index in [9.17, 15) is 0 Å². The highest BCUT2D eigenvalue weighted by atomic mass is 16.5. The Kier molecular flexibility index (Phi) is 5.49. The molecule has 1 N–H and O–H groups in total. The molecule has 1 aliphatic rings. The molecule has 2 heteroatoms. The van der Waals surface area contributed by atoms with Gasteiger partial charge in [-0.05, 0) is 37.6 Å². The van der Waals surface area contributed by atoms with Gasteiger partial charge < -0.3 is 10.1 Å². The van der Waals surface area contributed by atoms with Crippen LogP contribution in [0.4, 0.5) is 0 Å². The van der Waals surface area contributed by atoms with Crippen LogP contribution in [0.2, 0.25) is 0 Å². The first-order valence-electron chi connectivity index (χ1n) is 6.05. The third-order valence-corrected chi connectivity index (χ3v) is 2.79. The van der Waals surface area contributed by atoms with Crippen LogP contribution in [0, 0.1) is 11.8 Å². The Morgan fingerprint density at radius 3 is 2.57 bits per heavy atom. The van der Waals surface area contributed by atoms with Crippen molar-refractivity contribution >= 4 is 0 Å². The fraction of sp³-hybridized carbons (Fsp3) is 1.00. The molecule has 84 valence electrons. The van der Waals surface area contributed by atoms with Gasteiger partial charge in [0.05, 0.1) is 6.61 Å². The number of hydrogen-bond donors (Lipinski definition) is 1. The van der Waals surface area contributed by atoms with E-state index in [2.05, 4.69) is 26.1 Å². The lowest BCUT2D eigenvalue weighted by Gasteiger charge is -2.17. The van der Waals surface area contributed by atoms with Gasteiger partial charge in [-0.2, -0.15) is 0 Å². The number of hydrogen-bond acceptors (Lipinski definition) is 2. The molecule has 1 atom stereocenters. The molecule has 0 aromatic rings. The molecule has 1 unspecified atom stereocenters. The van der Waals surface area contributed by atoms with Crippen molar-refractivity contribution in [3.8, 4) is 0 Å². The Morgan fingerprint density at radius 2 is 2.07 bits per heavy atom. The average Bonchev–Trinajstić information content (AvgIpc) is 2.93. The zero-order valence-corrected chi connectivity index (χ0v) is 9.88. The first-order chi connectivity index (χ1) is 6.74. The van der Waals surface area contributed by atoms with Crippen molar-refractivity contribution in [1.82, 2.24) is 5.32 Å². The molecule has 0 amide bonds. The first-order valence-corrected chi connectivity index (χ1v) is 6.05. The largest absolute Gasteiger partial charge is 0.380 e. The highest BCUT2D eigenvalue weighted by Gasteiger charge is 2.30. The van der Waals surface area contributed by atoms with E-state index in [0.717, 1.165) is 31.6 Å². The molecule has 14 heavy (non-hydrogen) atoms. The molecule has 1 fully saturated rings. The SMILES string of the molecule is CCNC(COCCC(C)C)C1CC1. The first kappa shape index (κ1) is 12.0. The Bertz CT molecular complexity index is 143. The van der Waals surface area contributed by atoms with Crippen LogP contribution < -0.4 is 5.32 Å². The Morgan fingerprint density at radius 1 is 1.36 bits per heavy atom. The van der Waals surface area contributed by atoms with Gasteiger partial charge in [-0.25, -0.2) is 0 Å². The quantitative estimate of drug-likeness (QED) is 0.606. The summed E-state index contributed by atoms with van der Waals surface area (Å²) in [5, 5.41) is 3.51. The van der Waals surface area contributed by atoms with Gasteiger partial charge in [0.15, 0.2) is 0 Å². The lowest BCUT2D eigenvalue weighted by molar-refractivity contribution is 0.0972. The van der Waals surface area contributed by atoms with E-state index in [1.807, 2.05) is 0 Å². The van der Waals surface area contributed by atoms with Crippen molar-refractivity contribution in [3.63, 3.8) is 0 Å². The predicted octanol–water partition coefficient (Wildman–Crippen LogP) is 2.44. The second-order valence-corrected chi connectivity index (χ2v) is 4.76. The van der Waals surface area contributed by atoms with Gasteiger partial charge in [0.1, 0.15) is 0 Å². The molecule has 0 heterocycles. The zero-order chi connectivity index (χ0) is 10.4. The zero-order valence-electron chi connectivity index (χ0n) is 9.88. The summed E-state index contributed by atoms with van der Waals surface area (Å²) in [5.41, 5.74) is 0. The summed E-state index contributed by atoms with van der Waals surface area (Å²) >= 11 is 0. The minimum absolute atomic E-state index is 0.618. The highest BCUT2D eigenvalue weighted by molar-refractivity contribution is 4.85. The van der Waals surface area contributed by atoms with Crippen LogP contribution in [-0.2, 0) is 4.74 Å². The third kappa shape index (κ3) is 4.97. The van der Waals surface area contributed by atoms with Gasteiger partial charge in [-0.15, -0.1) is 0 Å². The van der Waals surface area contributed by atoms with Gasteiger partial charge in [0.25, 0.3) is 0 Å². The van der Waals surface area contributed by atoms with Gasteiger partial charge >= 0.3 is 0 Å². The molecular formula is C12H25NO. The van der Waals surface area contributed by atoms with Crippen LogP contribution in [0.25, 0.3) is 0 Å². The lowest BCUT2D eigenvalue weighted by Crippen LogP contribution is -2.35. The van der Waals surface area contributed by atoms with Crippen molar-refractivity contribution in [1.29, 1.82) is 0 Å². The maximum absolute atomic E-state index is 5.70.